The summed E-state index contributed by atoms with van der Waals surface area (Å²) < 4.78 is 0. The van der Waals surface area contributed by atoms with E-state index >= 15 is 0 Å². The molecule has 1 N–H and O–H groups in total. The van der Waals surface area contributed by atoms with Gasteiger partial charge in [0.15, 0.2) is 0 Å². The van der Waals surface area contributed by atoms with Crippen molar-refractivity contribution in [3.8, 4) is 0 Å². The first kappa shape index (κ1) is 15.5. The molecule has 0 aromatic heterocycles. The summed E-state index contributed by atoms with van der Waals surface area (Å²) in [5.74, 6) is 0.570. The standard InChI is InChI=1S/C13H23BrN2O2/c1-4-11(17)15-10-5-7-16(8-6-10)13(18)12(14)9(2)3/h9-10,12H,4-8H2,1-3H3,(H,15,17). The molecule has 0 bridgehead atoms. The summed E-state index contributed by atoms with van der Waals surface area (Å²) in [6, 6.07) is 0.231. The van der Waals surface area contributed by atoms with Gasteiger partial charge in [-0.2, -0.15) is 0 Å². The maximum absolute atomic E-state index is 12.1. The van der Waals surface area contributed by atoms with Crippen LogP contribution >= 0.6 is 15.9 Å². The zero-order valence-corrected chi connectivity index (χ0v) is 13.0. The molecule has 0 saturated carbocycles. The van der Waals surface area contributed by atoms with E-state index in [2.05, 4.69) is 21.2 Å². The second-order valence-corrected chi connectivity index (χ2v) is 6.15. The lowest BCUT2D eigenvalue weighted by molar-refractivity contribution is -0.132. The van der Waals surface area contributed by atoms with Gasteiger partial charge in [-0.1, -0.05) is 36.7 Å². The number of likely N-dealkylation sites (tertiary alicyclic amines) is 1. The minimum Gasteiger partial charge on any atom is -0.353 e. The lowest BCUT2D eigenvalue weighted by atomic mass is 10.0. The van der Waals surface area contributed by atoms with E-state index in [1.807, 2.05) is 25.7 Å². The van der Waals surface area contributed by atoms with Crippen LogP contribution in [0, 0.1) is 5.92 Å². The van der Waals surface area contributed by atoms with E-state index in [9.17, 15) is 9.59 Å². The van der Waals surface area contributed by atoms with Gasteiger partial charge >= 0.3 is 0 Å². The van der Waals surface area contributed by atoms with Crippen molar-refractivity contribution in [2.75, 3.05) is 13.1 Å². The van der Waals surface area contributed by atoms with Gasteiger partial charge in [0, 0.05) is 25.6 Å². The fourth-order valence-corrected chi connectivity index (χ4v) is 2.32. The minimum atomic E-state index is -0.0979. The van der Waals surface area contributed by atoms with Gasteiger partial charge in [0.1, 0.15) is 0 Å². The molecule has 1 atom stereocenters. The number of amides is 2. The van der Waals surface area contributed by atoms with Crippen LogP contribution in [0.2, 0.25) is 0 Å². The zero-order valence-electron chi connectivity index (χ0n) is 11.4. The molecule has 1 aliphatic heterocycles. The normalized spacial score (nSPS) is 18.8. The van der Waals surface area contributed by atoms with Crippen molar-refractivity contribution in [3.63, 3.8) is 0 Å². The van der Waals surface area contributed by atoms with Crippen LogP contribution in [0.4, 0.5) is 0 Å². The third-order valence-electron chi connectivity index (χ3n) is 3.31. The van der Waals surface area contributed by atoms with Crippen LogP contribution in [0.15, 0.2) is 0 Å². The molecule has 5 heteroatoms. The van der Waals surface area contributed by atoms with E-state index in [1.165, 1.54) is 0 Å². The first-order chi connectivity index (χ1) is 8.45. The summed E-state index contributed by atoms with van der Waals surface area (Å²) in [5, 5.41) is 2.99. The van der Waals surface area contributed by atoms with Crippen molar-refractivity contribution in [1.82, 2.24) is 10.2 Å². The monoisotopic (exact) mass is 318 g/mol. The van der Waals surface area contributed by atoms with Crippen molar-refractivity contribution in [3.05, 3.63) is 0 Å². The van der Waals surface area contributed by atoms with Gasteiger partial charge in [0.2, 0.25) is 11.8 Å². The van der Waals surface area contributed by atoms with Crippen molar-refractivity contribution in [1.29, 1.82) is 0 Å². The molecule has 1 heterocycles. The quantitative estimate of drug-likeness (QED) is 0.805. The zero-order chi connectivity index (χ0) is 13.7. The number of piperidine rings is 1. The van der Waals surface area contributed by atoms with Crippen LogP contribution in [0.3, 0.4) is 0 Å². The predicted molar refractivity (Wildman–Crippen MR) is 75.6 cm³/mol. The topological polar surface area (TPSA) is 49.4 Å². The fourth-order valence-electron chi connectivity index (χ4n) is 2.03. The molecular formula is C13H23BrN2O2. The van der Waals surface area contributed by atoms with E-state index in [1.54, 1.807) is 0 Å². The molecule has 18 heavy (non-hydrogen) atoms. The third kappa shape index (κ3) is 4.26. The third-order valence-corrected chi connectivity index (χ3v) is 4.76. The van der Waals surface area contributed by atoms with Crippen molar-refractivity contribution in [2.24, 2.45) is 5.92 Å². The summed E-state index contributed by atoms with van der Waals surface area (Å²) in [6.45, 7) is 7.40. The summed E-state index contributed by atoms with van der Waals surface area (Å²) in [5.41, 5.74) is 0. The second kappa shape index (κ2) is 7.12. The maximum atomic E-state index is 12.1. The Labute approximate surface area is 118 Å². The van der Waals surface area contributed by atoms with Crippen molar-refractivity contribution < 1.29 is 9.59 Å². The highest BCUT2D eigenvalue weighted by Crippen LogP contribution is 2.18. The Kier molecular flexibility index (Phi) is 6.12. The first-order valence-corrected chi connectivity index (χ1v) is 7.59. The number of rotatable bonds is 4. The van der Waals surface area contributed by atoms with Gasteiger partial charge in [-0.15, -0.1) is 0 Å². The van der Waals surface area contributed by atoms with Gasteiger partial charge in [-0.3, -0.25) is 9.59 Å². The Bertz CT molecular complexity index is 299. The molecule has 4 nitrogen and oxygen atoms in total. The Morgan fingerprint density at radius 1 is 1.33 bits per heavy atom. The van der Waals surface area contributed by atoms with Crippen LogP contribution < -0.4 is 5.32 Å². The molecule has 1 saturated heterocycles. The first-order valence-electron chi connectivity index (χ1n) is 6.68. The second-order valence-electron chi connectivity index (χ2n) is 5.17. The van der Waals surface area contributed by atoms with Gasteiger partial charge in [0.05, 0.1) is 4.83 Å². The number of nitrogens with one attached hydrogen (secondary N) is 1. The average molecular weight is 319 g/mol. The fraction of sp³-hybridized carbons (Fsp3) is 0.846. The molecule has 1 fully saturated rings. The molecule has 2 amide bonds. The molecular weight excluding hydrogens is 296 g/mol. The summed E-state index contributed by atoms with van der Waals surface area (Å²) in [4.78, 5) is 25.2. The minimum absolute atomic E-state index is 0.0975. The molecule has 0 radical (unpaired) electrons. The highest BCUT2D eigenvalue weighted by Gasteiger charge is 2.28. The van der Waals surface area contributed by atoms with Crippen LogP contribution in [0.5, 0.6) is 0 Å². The van der Waals surface area contributed by atoms with E-state index in [-0.39, 0.29) is 22.7 Å². The molecule has 0 spiro atoms. The van der Waals surface area contributed by atoms with Gasteiger partial charge in [0.25, 0.3) is 0 Å². The summed E-state index contributed by atoms with van der Waals surface area (Å²) in [7, 11) is 0. The number of carbonyl (C=O) groups is 2. The van der Waals surface area contributed by atoms with Crippen molar-refractivity contribution >= 4 is 27.7 Å². The smallest absolute Gasteiger partial charge is 0.236 e. The van der Waals surface area contributed by atoms with Crippen LogP contribution in [0.25, 0.3) is 0 Å². The number of hydrogen-bond acceptors (Lipinski definition) is 2. The number of hydrogen-bond donors (Lipinski definition) is 1. The number of nitrogens with zero attached hydrogens (tertiary/aromatic N) is 1. The SMILES string of the molecule is CCC(=O)NC1CCN(C(=O)C(Br)C(C)C)CC1. The molecule has 1 aliphatic rings. The Morgan fingerprint density at radius 3 is 2.33 bits per heavy atom. The van der Waals surface area contributed by atoms with Crippen LogP contribution in [0.1, 0.15) is 40.0 Å². The average Bonchev–Trinajstić information content (AvgIpc) is 2.37. The van der Waals surface area contributed by atoms with E-state index < -0.39 is 0 Å². The maximum Gasteiger partial charge on any atom is 0.236 e. The molecule has 0 aliphatic carbocycles. The van der Waals surface area contributed by atoms with Gasteiger partial charge < -0.3 is 10.2 Å². The van der Waals surface area contributed by atoms with Crippen LogP contribution in [-0.2, 0) is 9.59 Å². The molecule has 0 aromatic carbocycles. The lowest BCUT2D eigenvalue weighted by Gasteiger charge is -2.34. The molecule has 0 aromatic rings. The number of alkyl halides is 1. The van der Waals surface area contributed by atoms with Gasteiger partial charge in [-0.05, 0) is 18.8 Å². The molecule has 104 valence electrons. The molecule has 1 unspecified atom stereocenters. The van der Waals surface area contributed by atoms with E-state index in [4.69, 9.17) is 0 Å². The summed E-state index contributed by atoms with van der Waals surface area (Å²) >= 11 is 3.45. The van der Waals surface area contributed by atoms with Gasteiger partial charge in [-0.25, -0.2) is 0 Å². The van der Waals surface area contributed by atoms with E-state index in [0.29, 0.717) is 12.3 Å². The Balaban J connectivity index is 2.39. The van der Waals surface area contributed by atoms with Crippen molar-refractivity contribution in [2.45, 2.75) is 50.9 Å². The highest BCUT2D eigenvalue weighted by molar-refractivity contribution is 9.10. The molecule has 1 rings (SSSR count). The lowest BCUT2D eigenvalue weighted by Crippen LogP contribution is -2.48. The number of carbonyl (C=O) groups excluding carboxylic acids is 2. The largest absolute Gasteiger partial charge is 0.353 e. The number of halogens is 1. The predicted octanol–water partition coefficient (Wildman–Crippen LogP) is 1.92. The van der Waals surface area contributed by atoms with Crippen LogP contribution in [-0.4, -0.2) is 40.7 Å². The van der Waals surface area contributed by atoms with E-state index in [0.717, 1.165) is 25.9 Å². The summed E-state index contributed by atoms with van der Waals surface area (Å²) in [6.07, 6.45) is 2.24. The highest BCUT2D eigenvalue weighted by atomic mass is 79.9. The Morgan fingerprint density at radius 2 is 1.89 bits per heavy atom. The Hall–Kier alpha value is -0.580.